The minimum atomic E-state index is -0.366. The summed E-state index contributed by atoms with van der Waals surface area (Å²) in [7, 11) is 0. The normalized spacial score (nSPS) is 10.8. The van der Waals surface area contributed by atoms with Gasteiger partial charge in [-0.2, -0.15) is 5.10 Å². The number of ether oxygens (including phenoxy) is 2. The minimum absolute atomic E-state index is 0.0348. The molecule has 0 unspecified atom stereocenters. The van der Waals surface area contributed by atoms with Crippen LogP contribution in [0.4, 0.5) is 0 Å². The SMILES string of the molecule is CCOc1cc(C=NNC(=O)CCNC(=O)c2ccc(Cl)c(Cl)c2)cc(Br)c1OCc1ccccc1Cl. The fourth-order valence-electron chi connectivity index (χ4n) is 3.09. The first-order valence-electron chi connectivity index (χ1n) is 11.2. The third-order valence-electron chi connectivity index (χ3n) is 4.88. The van der Waals surface area contributed by atoms with E-state index in [9.17, 15) is 9.59 Å². The fourth-order valence-corrected chi connectivity index (χ4v) is 4.16. The molecule has 0 heterocycles. The zero-order valence-corrected chi connectivity index (χ0v) is 23.5. The van der Waals surface area contributed by atoms with Crippen molar-refractivity contribution in [1.29, 1.82) is 0 Å². The maximum absolute atomic E-state index is 12.2. The highest BCUT2D eigenvalue weighted by molar-refractivity contribution is 9.10. The lowest BCUT2D eigenvalue weighted by molar-refractivity contribution is -0.120. The van der Waals surface area contributed by atoms with Crippen LogP contribution in [0.1, 0.15) is 34.8 Å². The van der Waals surface area contributed by atoms with E-state index >= 15 is 0 Å². The van der Waals surface area contributed by atoms with Crippen LogP contribution < -0.4 is 20.2 Å². The number of rotatable bonds is 11. The van der Waals surface area contributed by atoms with Crippen molar-refractivity contribution in [2.45, 2.75) is 20.0 Å². The van der Waals surface area contributed by atoms with Gasteiger partial charge in [-0.3, -0.25) is 9.59 Å². The van der Waals surface area contributed by atoms with Gasteiger partial charge in [0.05, 0.1) is 27.3 Å². The van der Waals surface area contributed by atoms with Gasteiger partial charge in [0.15, 0.2) is 11.5 Å². The fraction of sp³-hybridized carbons (Fsp3) is 0.192. The first-order chi connectivity index (χ1) is 17.8. The van der Waals surface area contributed by atoms with Gasteiger partial charge in [-0.15, -0.1) is 0 Å². The maximum atomic E-state index is 12.2. The summed E-state index contributed by atoms with van der Waals surface area (Å²) in [6.07, 6.45) is 1.52. The van der Waals surface area contributed by atoms with Crippen molar-refractivity contribution in [2.24, 2.45) is 5.10 Å². The van der Waals surface area contributed by atoms with Gasteiger partial charge >= 0.3 is 0 Å². The zero-order chi connectivity index (χ0) is 26.8. The molecule has 3 aromatic carbocycles. The van der Waals surface area contributed by atoms with Gasteiger partial charge in [-0.1, -0.05) is 53.0 Å². The van der Waals surface area contributed by atoms with Crippen LogP contribution >= 0.6 is 50.7 Å². The summed E-state index contributed by atoms with van der Waals surface area (Å²) < 4.78 is 12.4. The predicted octanol–water partition coefficient (Wildman–Crippen LogP) is 6.66. The first-order valence-corrected chi connectivity index (χ1v) is 13.1. The largest absolute Gasteiger partial charge is 0.490 e. The van der Waals surface area contributed by atoms with Crippen LogP contribution in [0.3, 0.4) is 0 Å². The molecule has 0 spiro atoms. The van der Waals surface area contributed by atoms with Crippen LogP contribution in [0.2, 0.25) is 15.1 Å². The standard InChI is InChI=1S/C26H23BrCl3N3O4/c1-2-36-23-12-16(11-19(27)25(23)37-15-18-5-3-4-6-20(18)28)14-32-33-24(34)9-10-31-26(35)17-7-8-21(29)22(30)13-17/h3-8,11-14H,2,9-10,15H2,1H3,(H,31,35)(H,33,34). The van der Waals surface area contributed by atoms with E-state index in [1.54, 1.807) is 24.3 Å². The number of benzene rings is 3. The summed E-state index contributed by atoms with van der Waals surface area (Å²) in [5, 5.41) is 7.89. The molecule has 7 nitrogen and oxygen atoms in total. The van der Waals surface area contributed by atoms with E-state index < -0.39 is 0 Å². The lowest BCUT2D eigenvalue weighted by atomic mass is 10.2. The smallest absolute Gasteiger partial charge is 0.251 e. The molecule has 194 valence electrons. The van der Waals surface area contributed by atoms with Gasteiger partial charge in [0.1, 0.15) is 6.61 Å². The summed E-state index contributed by atoms with van der Waals surface area (Å²) in [6, 6.07) is 15.5. The number of amides is 2. The molecule has 0 bridgehead atoms. The Labute approximate surface area is 238 Å². The highest BCUT2D eigenvalue weighted by Crippen LogP contribution is 2.37. The third-order valence-corrected chi connectivity index (χ3v) is 6.58. The van der Waals surface area contributed by atoms with E-state index in [2.05, 4.69) is 31.8 Å². The Morgan fingerprint density at radius 2 is 1.78 bits per heavy atom. The second-order valence-corrected chi connectivity index (χ2v) is 9.65. The summed E-state index contributed by atoms with van der Waals surface area (Å²) in [4.78, 5) is 24.3. The molecule has 2 amide bonds. The zero-order valence-electron chi connectivity index (χ0n) is 19.7. The molecule has 3 aromatic rings. The number of hydrazone groups is 1. The van der Waals surface area contributed by atoms with Crippen LogP contribution in [-0.2, 0) is 11.4 Å². The van der Waals surface area contributed by atoms with E-state index in [1.165, 1.54) is 18.3 Å². The Hall–Kier alpha value is -2.78. The summed E-state index contributed by atoms with van der Waals surface area (Å²) in [6.45, 7) is 2.69. The molecule has 0 aliphatic heterocycles. The Balaban J connectivity index is 1.54. The molecule has 0 saturated carbocycles. The molecular formula is C26H23BrCl3N3O4. The molecule has 0 aliphatic rings. The van der Waals surface area contributed by atoms with Crippen molar-refractivity contribution in [3.63, 3.8) is 0 Å². The second kappa shape index (κ2) is 14.2. The van der Waals surface area contributed by atoms with E-state index in [-0.39, 0.29) is 36.4 Å². The molecule has 0 aromatic heterocycles. The van der Waals surface area contributed by atoms with Crippen molar-refractivity contribution in [3.05, 3.63) is 90.8 Å². The number of halogens is 4. The maximum Gasteiger partial charge on any atom is 0.251 e. The van der Waals surface area contributed by atoms with Gasteiger partial charge in [0.25, 0.3) is 5.91 Å². The van der Waals surface area contributed by atoms with Gasteiger partial charge in [0.2, 0.25) is 5.91 Å². The summed E-state index contributed by atoms with van der Waals surface area (Å²) >= 11 is 21.5. The van der Waals surface area contributed by atoms with Gasteiger partial charge in [-0.25, -0.2) is 5.43 Å². The van der Waals surface area contributed by atoms with E-state index in [1.807, 2.05) is 25.1 Å². The van der Waals surface area contributed by atoms with Gasteiger partial charge in [0, 0.05) is 29.1 Å². The highest BCUT2D eigenvalue weighted by Gasteiger charge is 2.13. The van der Waals surface area contributed by atoms with Gasteiger partial charge < -0.3 is 14.8 Å². The lowest BCUT2D eigenvalue weighted by Gasteiger charge is -2.15. The van der Waals surface area contributed by atoms with E-state index in [4.69, 9.17) is 44.3 Å². The minimum Gasteiger partial charge on any atom is -0.490 e. The molecular weight excluding hydrogens is 605 g/mol. The van der Waals surface area contributed by atoms with Crippen LogP contribution in [-0.4, -0.2) is 31.2 Å². The quantitative estimate of drug-likeness (QED) is 0.184. The molecule has 37 heavy (non-hydrogen) atoms. The summed E-state index contributed by atoms with van der Waals surface area (Å²) in [5.74, 6) is 0.317. The lowest BCUT2D eigenvalue weighted by Crippen LogP contribution is -2.29. The second-order valence-electron chi connectivity index (χ2n) is 7.57. The van der Waals surface area contributed by atoms with Crippen molar-refractivity contribution in [2.75, 3.05) is 13.2 Å². The molecule has 0 aliphatic carbocycles. The van der Waals surface area contributed by atoms with Crippen molar-refractivity contribution >= 4 is 68.8 Å². The average Bonchev–Trinajstić information content (AvgIpc) is 2.86. The molecule has 0 saturated heterocycles. The van der Waals surface area contributed by atoms with Crippen LogP contribution in [0.25, 0.3) is 0 Å². The number of nitrogens with zero attached hydrogens (tertiary/aromatic N) is 1. The number of carbonyl (C=O) groups excluding carboxylic acids is 2. The molecule has 2 N–H and O–H groups in total. The molecule has 11 heteroatoms. The highest BCUT2D eigenvalue weighted by atomic mass is 79.9. The molecule has 0 fully saturated rings. The van der Waals surface area contributed by atoms with E-state index in [0.717, 1.165) is 5.56 Å². The molecule has 0 atom stereocenters. The Bertz CT molecular complexity index is 1300. The number of hydrogen-bond donors (Lipinski definition) is 2. The monoisotopic (exact) mass is 625 g/mol. The Morgan fingerprint density at radius 1 is 1.00 bits per heavy atom. The Kier molecular flexibility index (Phi) is 11.1. The first kappa shape index (κ1) is 28.8. The number of carbonyl (C=O) groups is 2. The van der Waals surface area contributed by atoms with Crippen molar-refractivity contribution < 1.29 is 19.1 Å². The van der Waals surface area contributed by atoms with Gasteiger partial charge in [-0.05, 0) is 64.8 Å². The Morgan fingerprint density at radius 3 is 2.51 bits per heavy atom. The third kappa shape index (κ3) is 8.64. The van der Waals surface area contributed by atoms with Crippen LogP contribution in [0.5, 0.6) is 11.5 Å². The number of hydrogen-bond acceptors (Lipinski definition) is 5. The molecule has 3 rings (SSSR count). The topological polar surface area (TPSA) is 89.0 Å². The van der Waals surface area contributed by atoms with Crippen molar-refractivity contribution in [1.82, 2.24) is 10.7 Å². The predicted molar refractivity (Wildman–Crippen MR) is 150 cm³/mol. The molecule has 0 radical (unpaired) electrons. The van der Waals surface area contributed by atoms with Crippen LogP contribution in [0, 0.1) is 0 Å². The number of nitrogens with one attached hydrogen (secondary N) is 2. The van der Waals surface area contributed by atoms with Crippen LogP contribution in [0.15, 0.2) is 64.2 Å². The van der Waals surface area contributed by atoms with E-state index in [0.29, 0.717) is 43.8 Å². The summed E-state index contributed by atoms with van der Waals surface area (Å²) in [5.41, 5.74) is 4.31. The van der Waals surface area contributed by atoms with Crippen molar-refractivity contribution in [3.8, 4) is 11.5 Å². The average molecular weight is 628 g/mol.